The van der Waals surface area contributed by atoms with Crippen molar-refractivity contribution < 1.29 is 5.11 Å². The summed E-state index contributed by atoms with van der Waals surface area (Å²) in [4.78, 5) is 0. The lowest BCUT2D eigenvalue weighted by Crippen LogP contribution is -2.29. The molecule has 98 valence electrons. The number of rotatable bonds is 11. The molecule has 2 nitrogen and oxygen atoms in total. The molecule has 2 unspecified atom stereocenters. The number of aliphatic hydroxyl groups is 1. The molecule has 0 fully saturated rings. The van der Waals surface area contributed by atoms with Crippen molar-refractivity contribution in [1.29, 1.82) is 0 Å². The average Bonchev–Trinajstić information content (AvgIpc) is 2.28. The monoisotopic (exact) mass is 247 g/mol. The second kappa shape index (κ2) is 11.7. The van der Waals surface area contributed by atoms with Gasteiger partial charge in [0.05, 0.1) is 0 Å². The summed E-state index contributed by atoms with van der Waals surface area (Å²) < 4.78 is 0. The summed E-state index contributed by atoms with van der Waals surface area (Å²) in [5.41, 5.74) is 0. The summed E-state index contributed by atoms with van der Waals surface area (Å²) in [7, 11) is 0. The second-order valence-electron chi connectivity index (χ2n) is 4.40. The van der Waals surface area contributed by atoms with E-state index in [0.717, 1.165) is 13.0 Å². The summed E-state index contributed by atoms with van der Waals surface area (Å²) >= 11 is 1.99. The molecule has 0 saturated carbocycles. The van der Waals surface area contributed by atoms with Gasteiger partial charge in [-0.3, -0.25) is 0 Å². The van der Waals surface area contributed by atoms with E-state index in [9.17, 15) is 0 Å². The fourth-order valence-corrected chi connectivity index (χ4v) is 2.69. The highest BCUT2D eigenvalue weighted by atomic mass is 32.2. The topological polar surface area (TPSA) is 32.3 Å². The maximum absolute atomic E-state index is 8.79. The van der Waals surface area contributed by atoms with Crippen LogP contribution in [0.4, 0.5) is 0 Å². The molecule has 0 aromatic rings. The lowest BCUT2D eigenvalue weighted by Gasteiger charge is -2.16. The largest absolute Gasteiger partial charge is 0.396 e. The Morgan fingerprint density at radius 3 is 2.56 bits per heavy atom. The molecular formula is C13H29NOS. The Labute approximate surface area is 106 Å². The van der Waals surface area contributed by atoms with Gasteiger partial charge in [-0.25, -0.2) is 0 Å². The van der Waals surface area contributed by atoms with Crippen molar-refractivity contribution >= 4 is 11.8 Å². The fourth-order valence-electron chi connectivity index (χ4n) is 1.68. The Hall–Kier alpha value is 0.270. The third-order valence-corrected chi connectivity index (χ3v) is 4.14. The van der Waals surface area contributed by atoms with Crippen molar-refractivity contribution in [3.63, 3.8) is 0 Å². The molecule has 16 heavy (non-hydrogen) atoms. The van der Waals surface area contributed by atoms with Crippen molar-refractivity contribution in [3.8, 4) is 0 Å². The van der Waals surface area contributed by atoms with Gasteiger partial charge in [-0.05, 0) is 44.4 Å². The molecule has 0 aliphatic heterocycles. The van der Waals surface area contributed by atoms with Gasteiger partial charge >= 0.3 is 0 Å². The molecule has 0 aromatic carbocycles. The SMILES string of the molecule is CCCNC(CC)CCCSC(C)CCO. The molecule has 0 aliphatic rings. The molecule has 0 spiro atoms. The molecular weight excluding hydrogens is 218 g/mol. The van der Waals surface area contributed by atoms with E-state index in [1.165, 1.54) is 31.4 Å². The van der Waals surface area contributed by atoms with Crippen LogP contribution in [0.25, 0.3) is 0 Å². The van der Waals surface area contributed by atoms with Gasteiger partial charge in [-0.15, -0.1) is 0 Å². The minimum absolute atomic E-state index is 0.323. The maximum atomic E-state index is 8.79. The quantitative estimate of drug-likeness (QED) is 0.550. The van der Waals surface area contributed by atoms with Crippen LogP contribution in [0.15, 0.2) is 0 Å². The Morgan fingerprint density at radius 2 is 2.00 bits per heavy atom. The highest BCUT2D eigenvalue weighted by Crippen LogP contribution is 2.16. The first-order chi connectivity index (χ1) is 7.74. The lowest BCUT2D eigenvalue weighted by molar-refractivity contribution is 0.289. The van der Waals surface area contributed by atoms with Crippen molar-refractivity contribution in [3.05, 3.63) is 0 Å². The molecule has 0 heterocycles. The number of aliphatic hydroxyl groups excluding tert-OH is 1. The van der Waals surface area contributed by atoms with Gasteiger partial charge in [0.2, 0.25) is 0 Å². The molecule has 0 saturated heterocycles. The van der Waals surface area contributed by atoms with Crippen LogP contribution in [0.1, 0.15) is 52.9 Å². The van der Waals surface area contributed by atoms with Crippen LogP contribution in [0.2, 0.25) is 0 Å². The van der Waals surface area contributed by atoms with Crippen molar-refractivity contribution in [2.75, 3.05) is 18.9 Å². The van der Waals surface area contributed by atoms with E-state index in [-0.39, 0.29) is 0 Å². The molecule has 3 heteroatoms. The van der Waals surface area contributed by atoms with Crippen LogP contribution < -0.4 is 5.32 Å². The van der Waals surface area contributed by atoms with E-state index in [0.29, 0.717) is 17.9 Å². The summed E-state index contributed by atoms with van der Waals surface area (Å²) in [5.74, 6) is 1.23. The van der Waals surface area contributed by atoms with E-state index in [1.54, 1.807) is 0 Å². The predicted octanol–water partition coefficient (Wildman–Crippen LogP) is 3.05. The van der Waals surface area contributed by atoms with E-state index in [2.05, 4.69) is 26.1 Å². The zero-order chi connectivity index (χ0) is 12.2. The Bertz CT molecular complexity index is 144. The highest BCUT2D eigenvalue weighted by Gasteiger charge is 2.05. The standard InChI is InChI=1S/C13H29NOS/c1-4-9-14-13(5-2)7-6-11-16-12(3)8-10-15/h12-15H,4-11H2,1-3H3. The summed E-state index contributed by atoms with van der Waals surface area (Å²) in [6, 6.07) is 0.702. The number of hydrogen-bond donors (Lipinski definition) is 2. The Morgan fingerprint density at radius 1 is 1.25 bits per heavy atom. The second-order valence-corrected chi connectivity index (χ2v) is 5.94. The van der Waals surface area contributed by atoms with Crippen LogP contribution in [-0.2, 0) is 0 Å². The van der Waals surface area contributed by atoms with Crippen LogP contribution in [0, 0.1) is 0 Å². The van der Waals surface area contributed by atoms with Gasteiger partial charge in [-0.1, -0.05) is 20.8 Å². The molecule has 0 amide bonds. The van der Waals surface area contributed by atoms with Crippen molar-refractivity contribution in [2.24, 2.45) is 0 Å². The summed E-state index contributed by atoms with van der Waals surface area (Å²) in [5, 5.41) is 13.0. The molecule has 2 atom stereocenters. The lowest BCUT2D eigenvalue weighted by atomic mass is 10.1. The predicted molar refractivity (Wildman–Crippen MR) is 75.2 cm³/mol. The first kappa shape index (κ1) is 16.3. The molecule has 0 aromatic heterocycles. The minimum atomic E-state index is 0.323. The van der Waals surface area contributed by atoms with Gasteiger partial charge in [-0.2, -0.15) is 11.8 Å². The van der Waals surface area contributed by atoms with Crippen molar-refractivity contribution in [1.82, 2.24) is 5.32 Å². The van der Waals surface area contributed by atoms with Gasteiger partial charge in [0, 0.05) is 17.9 Å². The summed E-state index contributed by atoms with van der Waals surface area (Å²) in [6.45, 7) is 8.14. The third kappa shape index (κ3) is 9.49. The van der Waals surface area contributed by atoms with Gasteiger partial charge in [0.1, 0.15) is 0 Å². The minimum Gasteiger partial charge on any atom is -0.396 e. The smallest absolute Gasteiger partial charge is 0.0441 e. The normalized spacial score (nSPS) is 15.0. The average molecular weight is 247 g/mol. The summed E-state index contributed by atoms with van der Waals surface area (Å²) in [6.07, 6.45) is 5.95. The van der Waals surface area contributed by atoms with Crippen LogP contribution in [0.5, 0.6) is 0 Å². The van der Waals surface area contributed by atoms with Crippen molar-refractivity contribution in [2.45, 2.75) is 64.2 Å². The van der Waals surface area contributed by atoms with Crippen LogP contribution >= 0.6 is 11.8 Å². The molecule has 0 rings (SSSR count). The molecule has 2 N–H and O–H groups in total. The molecule has 0 radical (unpaired) electrons. The highest BCUT2D eigenvalue weighted by molar-refractivity contribution is 7.99. The molecule has 0 bridgehead atoms. The van der Waals surface area contributed by atoms with Gasteiger partial charge in [0.25, 0.3) is 0 Å². The number of hydrogen-bond acceptors (Lipinski definition) is 3. The number of thioether (sulfide) groups is 1. The third-order valence-electron chi connectivity index (χ3n) is 2.81. The number of nitrogens with one attached hydrogen (secondary N) is 1. The van der Waals surface area contributed by atoms with Gasteiger partial charge < -0.3 is 10.4 Å². The Balaban J connectivity index is 3.39. The zero-order valence-corrected chi connectivity index (χ0v) is 12.0. The van der Waals surface area contributed by atoms with E-state index in [4.69, 9.17) is 5.11 Å². The van der Waals surface area contributed by atoms with E-state index >= 15 is 0 Å². The first-order valence-electron chi connectivity index (χ1n) is 6.70. The zero-order valence-electron chi connectivity index (χ0n) is 11.2. The van der Waals surface area contributed by atoms with Gasteiger partial charge in [0.15, 0.2) is 0 Å². The van der Waals surface area contributed by atoms with Crippen LogP contribution in [0.3, 0.4) is 0 Å². The maximum Gasteiger partial charge on any atom is 0.0441 e. The van der Waals surface area contributed by atoms with E-state index in [1.807, 2.05) is 11.8 Å². The Kier molecular flexibility index (Phi) is 11.9. The molecule has 0 aliphatic carbocycles. The fraction of sp³-hybridized carbons (Fsp3) is 1.00. The van der Waals surface area contributed by atoms with E-state index < -0.39 is 0 Å². The van der Waals surface area contributed by atoms with Crippen LogP contribution in [-0.4, -0.2) is 35.3 Å². The first-order valence-corrected chi connectivity index (χ1v) is 7.75.